The molecule has 0 aliphatic carbocycles. The molecule has 0 bridgehead atoms. The Kier molecular flexibility index (Phi) is 4.07. The zero-order valence-corrected chi connectivity index (χ0v) is 13.4. The minimum Gasteiger partial charge on any atom is -0.372 e. The molecule has 0 spiro atoms. The standard InChI is InChI=1S/C17H20N2O2S/c1-14-4-6-15(7-5-14)18-22(20,21)17-10-8-16(9-11-17)19-12-2-3-13-19/h4-11,18H,2-3,12-13H2,1H3. The van der Waals surface area contributed by atoms with Crippen LogP contribution in [0.4, 0.5) is 11.4 Å². The number of sulfonamides is 1. The number of hydrogen-bond acceptors (Lipinski definition) is 3. The molecular weight excluding hydrogens is 296 g/mol. The maximum absolute atomic E-state index is 12.4. The Bertz CT molecular complexity index is 731. The molecule has 0 unspecified atom stereocenters. The molecule has 1 heterocycles. The molecule has 1 saturated heterocycles. The summed E-state index contributed by atoms with van der Waals surface area (Å²) in [6.45, 7) is 4.07. The van der Waals surface area contributed by atoms with Gasteiger partial charge in [-0.05, 0) is 56.2 Å². The van der Waals surface area contributed by atoms with Crippen molar-refractivity contribution in [2.24, 2.45) is 0 Å². The molecule has 4 nitrogen and oxygen atoms in total. The SMILES string of the molecule is Cc1ccc(NS(=O)(=O)c2ccc(N3CCCC3)cc2)cc1. The largest absolute Gasteiger partial charge is 0.372 e. The van der Waals surface area contributed by atoms with Crippen LogP contribution in [0.3, 0.4) is 0 Å². The van der Waals surface area contributed by atoms with Crippen LogP contribution in [0, 0.1) is 6.92 Å². The molecule has 22 heavy (non-hydrogen) atoms. The van der Waals surface area contributed by atoms with Gasteiger partial charge >= 0.3 is 0 Å². The highest BCUT2D eigenvalue weighted by Crippen LogP contribution is 2.23. The van der Waals surface area contributed by atoms with Crippen LogP contribution >= 0.6 is 0 Å². The van der Waals surface area contributed by atoms with Crippen LogP contribution in [0.1, 0.15) is 18.4 Å². The molecule has 1 N–H and O–H groups in total. The zero-order chi connectivity index (χ0) is 15.6. The molecule has 1 fully saturated rings. The Morgan fingerprint density at radius 3 is 2.09 bits per heavy atom. The van der Waals surface area contributed by atoms with E-state index >= 15 is 0 Å². The van der Waals surface area contributed by atoms with Crippen molar-refractivity contribution >= 4 is 21.4 Å². The third-order valence-electron chi connectivity index (χ3n) is 3.92. The second-order valence-electron chi connectivity index (χ2n) is 5.66. The summed E-state index contributed by atoms with van der Waals surface area (Å²) in [5.74, 6) is 0. The smallest absolute Gasteiger partial charge is 0.261 e. The van der Waals surface area contributed by atoms with Gasteiger partial charge in [0.2, 0.25) is 0 Å². The monoisotopic (exact) mass is 316 g/mol. The lowest BCUT2D eigenvalue weighted by atomic mass is 10.2. The maximum atomic E-state index is 12.4. The summed E-state index contributed by atoms with van der Waals surface area (Å²) in [6, 6.07) is 14.4. The van der Waals surface area contributed by atoms with Gasteiger partial charge in [0.15, 0.2) is 0 Å². The molecule has 1 aliphatic heterocycles. The van der Waals surface area contributed by atoms with Gasteiger partial charge in [0, 0.05) is 24.5 Å². The fraction of sp³-hybridized carbons (Fsp3) is 0.294. The van der Waals surface area contributed by atoms with Crippen LogP contribution in [0.2, 0.25) is 0 Å². The van der Waals surface area contributed by atoms with Gasteiger partial charge in [-0.15, -0.1) is 0 Å². The molecule has 3 rings (SSSR count). The Hall–Kier alpha value is -2.01. The van der Waals surface area contributed by atoms with Gasteiger partial charge in [0.25, 0.3) is 10.0 Å². The Labute approximate surface area is 131 Å². The molecule has 0 atom stereocenters. The van der Waals surface area contributed by atoms with E-state index in [4.69, 9.17) is 0 Å². The molecule has 1 aliphatic rings. The zero-order valence-electron chi connectivity index (χ0n) is 12.6. The Morgan fingerprint density at radius 2 is 1.50 bits per heavy atom. The number of hydrogen-bond donors (Lipinski definition) is 1. The highest BCUT2D eigenvalue weighted by atomic mass is 32.2. The molecule has 2 aromatic carbocycles. The average Bonchev–Trinajstić information content (AvgIpc) is 3.04. The molecule has 0 saturated carbocycles. The van der Waals surface area contributed by atoms with Crippen molar-refractivity contribution in [1.82, 2.24) is 0 Å². The van der Waals surface area contributed by atoms with Crippen molar-refractivity contribution in [2.45, 2.75) is 24.7 Å². The number of nitrogens with one attached hydrogen (secondary N) is 1. The fourth-order valence-corrected chi connectivity index (χ4v) is 3.71. The first-order valence-electron chi connectivity index (χ1n) is 7.49. The van der Waals surface area contributed by atoms with Crippen molar-refractivity contribution in [3.63, 3.8) is 0 Å². The molecule has 0 amide bonds. The van der Waals surface area contributed by atoms with Crippen LogP contribution in [0.15, 0.2) is 53.4 Å². The van der Waals surface area contributed by atoms with Gasteiger partial charge < -0.3 is 4.90 Å². The molecule has 0 radical (unpaired) electrons. The predicted octanol–water partition coefficient (Wildman–Crippen LogP) is 3.40. The van der Waals surface area contributed by atoms with Gasteiger partial charge in [0.05, 0.1) is 4.90 Å². The van der Waals surface area contributed by atoms with Crippen molar-refractivity contribution in [3.05, 3.63) is 54.1 Å². The summed E-state index contributed by atoms with van der Waals surface area (Å²) in [5, 5.41) is 0. The minimum absolute atomic E-state index is 0.288. The van der Waals surface area contributed by atoms with E-state index in [2.05, 4.69) is 9.62 Å². The highest BCUT2D eigenvalue weighted by molar-refractivity contribution is 7.92. The third kappa shape index (κ3) is 3.25. The fourth-order valence-electron chi connectivity index (χ4n) is 2.65. The van der Waals surface area contributed by atoms with Crippen molar-refractivity contribution in [1.29, 1.82) is 0 Å². The van der Waals surface area contributed by atoms with E-state index in [1.54, 1.807) is 24.3 Å². The Balaban J connectivity index is 1.78. The van der Waals surface area contributed by atoms with E-state index in [1.807, 2.05) is 31.2 Å². The van der Waals surface area contributed by atoms with Crippen LogP contribution in [-0.2, 0) is 10.0 Å². The van der Waals surface area contributed by atoms with E-state index in [1.165, 1.54) is 12.8 Å². The third-order valence-corrected chi connectivity index (χ3v) is 5.32. The summed E-state index contributed by atoms with van der Waals surface area (Å²) in [5.41, 5.74) is 2.76. The van der Waals surface area contributed by atoms with Gasteiger partial charge in [0.1, 0.15) is 0 Å². The summed E-state index contributed by atoms with van der Waals surface area (Å²) < 4.78 is 27.4. The van der Waals surface area contributed by atoms with Crippen LogP contribution in [0.25, 0.3) is 0 Å². The molecule has 0 aromatic heterocycles. The van der Waals surface area contributed by atoms with E-state index < -0.39 is 10.0 Å². The average molecular weight is 316 g/mol. The van der Waals surface area contributed by atoms with Crippen LogP contribution in [-0.4, -0.2) is 21.5 Å². The van der Waals surface area contributed by atoms with Crippen molar-refractivity contribution < 1.29 is 8.42 Å². The van der Waals surface area contributed by atoms with E-state index in [-0.39, 0.29) is 4.90 Å². The number of benzene rings is 2. The summed E-state index contributed by atoms with van der Waals surface area (Å²) in [7, 11) is -3.53. The van der Waals surface area contributed by atoms with E-state index in [9.17, 15) is 8.42 Å². The van der Waals surface area contributed by atoms with Crippen LogP contribution < -0.4 is 9.62 Å². The molecule has 5 heteroatoms. The molecule has 2 aromatic rings. The highest BCUT2D eigenvalue weighted by Gasteiger charge is 2.16. The lowest BCUT2D eigenvalue weighted by Gasteiger charge is -2.17. The summed E-state index contributed by atoms with van der Waals surface area (Å²) in [6.07, 6.45) is 2.41. The predicted molar refractivity (Wildman–Crippen MR) is 89.9 cm³/mol. The number of anilines is 2. The van der Waals surface area contributed by atoms with E-state index in [0.29, 0.717) is 5.69 Å². The first-order chi connectivity index (χ1) is 10.5. The first-order valence-corrected chi connectivity index (χ1v) is 8.97. The lowest BCUT2D eigenvalue weighted by molar-refractivity contribution is 0.601. The van der Waals surface area contributed by atoms with Crippen LogP contribution in [0.5, 0.6) is 0 Å². The second-order valence-corrected chi connectivity index (χ2v) is 7.34. The topological polar surface area (TPSA) is 49.4 Å². The number of aryl methyl sites for hydroxylation is 1. The summed E-state index contributed by atoms with van der Waals surface area (Å²) >= 11 is 0. The van der Waals surface area contributed by atoms with Gasteiger partial charge in [-0.1, -0.05) is 17.7 Å². The summed E-state index contributed by atoms with van der Waals surface area (Å²) in [4.78, 5) is 2.57. The number of rotatable bonds is 4. The minimum atomic E-state index is -3.53. The van der Waals surface area contributed by atoms with Gasteiger partial charge in [-0.25, -0.2) is 8.42 Å². The van der Waals surface area contributed by atoms with E-state index in [0.717, 1.165) is 24.3 Å². The molecule has 116 valence electrons. The lowest BCUT2D eigenvalue weighted by Crippen LogP contribution is -2.18. The number of nitrogens with zero attached hydrogens (tertiary/aromatic N) is 1. The normalized spacial score (nSPS) is 15.0. The van der Waals surface area contributed by atoms with Crippen molar-refractivity contribution in [2.75, 3.05) is 22.7 Å². The maximum Gasteiger partial charge on any atom is 0.261 e. The molecular formula is C17H20N2O2S. The second kappa shape index (κ2) is 6.01. The quantitative estimate of drug-likeness (QED) is 0.940. The Morgan fingerprint density at radius 1 is 0.909 bits per heavy atom. The first kappa shape index (κ1) is 14.9. The van der Waals surface area contributed by atoms with Gasteiger partial charge in [-0.3, -0.25) is 4.72 Å². The van der Waals surface area contributed by atoms with Crippen molar-refractivity contribution in [3.8, 4) is 0 Å². The van der Waals surface area contributed by atoms with Gasteiger partial charge in [-0.2, -0.15) is 0 Å².